The van der Waals surface area contributed by atoms with Crippen molar-refractivity contribution in [2.75, 3.05) is 0 Å². The highest BCUT2D eigenvalue weighted by Gasteiger charge is 2.17. The van der Waals surface area contributed by atoms with Crippen LogP contribution < -0.4 is 0 Å². The molecule has 0 saturated heterocycles. The number of fused-ring (bicyclic) bond motifs is 1. The fourth-order valence-electron chi connectivity index (χ4n) is 1.83. The van der Waals surface area contributed by atoms with Gasteiger partial charge in [0, 0.05) is 23.6 Å². The molecule has 0 bridgehead atoms. The molecule has 1 heterocycles. The molecule has 0 amide bonds. The Morgan fingerprint density at radius 1 is 1.24 bits per heavy atom. The summed E-state index contributed by atoms with van der Waals surface area (Å²) in [7, 11) is 0. The van der Waals surface area contributed by atoms with Crippen molar-refractivity contribution in [2.45, 2.75) is 27.2 Å². The molecule has 17 heavy (non-hydrogen) atoms. The van der Waals surface area contributed by atoms with Crippen LogP contribution in [-0.4, -0.2) is 10.8 Å². The van der Waals surface area contributed by atoms with Crippen molar-refractivity contribution in [3.05, 3.63) is 42.1 Å². The molecule has 0 fully saturated rings. The maximum atomic E-state index is 12.1. The van der Waals surface area contributed by atoms with Crippen molar-refractivity contribution in [1.29, 1.82) is 0 Å². The lowest BCUT2D eigenvalue weighted by Crippen LogP contribution is -2.12. The van der Waals surface area contributed by atoms with Crippen molar-refractivity contribution in [2.24, 2.45) is 5.41 Å². The molecule has 0 spiro atoms. The maximum absolute atomic E-state index is 12.1. The molecular weight excluding hydrogens is 210 g/mol. The van der Waals surface area contributed by atoms with Crippen LogP contribution in [0, 0.1) is 5.41 Å². The lowest BCUT2D eigenvalue weighted by Gasteiger charge is -2.16. The van der Waals surface area contributed by atoms with Gasteiger partial charge in [0.2, 0.25) is 0 Å². The lowest BCUT2D eigenvalue weighted by atomic mass is 9.87. The zero-order chi connectivity index (χ0) is 12.5. The number of ketones is 1. The topological polar surface area (TPSA) is 30.0 Å². The van der Waals surface area contributed by atoms with Crippen molar-refractivity contribution in [3.8, 4) is 0 Å². The van der Waals surface area contributed by atoms with Gasteiger partial charge in [0.1, 0.15) is 0 Å². The Morgan fingerprint density at radius 3 is 2.71 bits per heavy atom. The molecule has 0 saturated carbocycles. The minimum atomic E-state index is 0.0287. The summed E-state index contributed by atoms with van der Waals surface area (Å²) in [5, 5.41) is 1.02. The zero-order valence-electron chi connectivity index (χ0n) is 10.5. The SMILES string of the molecule is CC(C)(C)CC(=O)c1ccc2ncccc2c1. The molecule has 88 valence electrons. The molecule has 2 heteroatoms. The number of carbonyl (C=O) groups excluding carboxylic acids is 1. The Hall–Kier alpha value is -1.70. The molecule has 2 aromatic rings. The predicted octanol–water partition coefficient (Wildman–Crippen LogP) is 3.85. The number of hydrogen-bond donors (Lipinski definition) is 0. The number of Topliss-reactive ketones (excluding diaryl/α,β-unsaturated/α-hetero) is 1. The van der Waals surface area contributed by atoms with E-state index in [4.69, 9.17) is 0 Å². The van der Waals surface area contributed by atoms with Gasteiger partial charge in [0.25, 0.3) is 0 Å². The molecule has 0 aliphatic carbocycles. The Bertz CT molecular complexity index is 552. The van der Waals surface area contributed by atoms with E-state index in [1.54, 1.807) is 6.20 Å². The molecule has 0 radical (unpaired) electrons. The minimum absolute atomic E-state index is 0.0287. The molecular formula is C15H17NO. The lowest BCUT2D eigenvalue weighted by molar-refractivity contribution is 0.0940. The van der Waals surface area contributed by atoms with Crippen molar-refractivity contribution >= 4 is 16.7 Å². The normalized spacial score (nSPS) is 11.7. The molecule has 1 aromatic heterocycles. The molecule has 1 aromatic carbocycles. The number of rotatable bonds is 2. The Balaban J connectivity index is 2.33. The Morgan fingerprint density at radius 2 is 2.00 bits per heavy atom. The van der Waals surface area contributed by atoms with Gasteiger partial charge >= 0.3 is 0 Å². The van der Waals surface area contributed by atoms with Crippen LogP contribution in [-0.2, 0) is 0 Å². The zero-order valence-corrected chi connectivity index (χ0v) is 10.5. The summed E-state index contributed by atoms with van der Waals surface area (Å²) in [5.74, 6) is 0.197. The van der Waals surface area contributed by atoms with E-state index in [0.717, 1.165) is 16.5 Å². The first-order valence-electron chi connectivity index (χ1n) is 5.84. The second-order valence-corrected chi connectivity index (χ2v) is 5.57. The molecule has 2 rings (SSSR count). The monoisotopic (exact) mass is 227 g/mol. The third kappa shape index (κ3) is 2.90. The van der Waals surface area contributed by atoms with E-state index in [9.17, 15) is 4.79 Å². The van der Waals surface area contributed by atoms with E-state index < -0.39 is 0 Å². The standard InChI is InChI=1S/C15H17NO/c1-15(2,3)10-14(17)12-6-7-13-11(9-12)5-4-8-16-13/h4-9H,10H2,1-3H3. The summed E-state index contributed by atoms with van der Waals surface area (Å²) in [5.41, 5.74) is 1.74. The van der Waals surface area contributed by atoms with E-state index >= 15 is 0 Å². The number of nitrogens with zero attached hydrogens (tertiary/aromatic N) is 1. The second-order valence-electron chi connectivity index (χ2n) is 5.57. The average molecular weight is 227 g/mol. The summed E-state index contributed by atoms with van der Waals surface area (Å²) in [6.45, 7) is 6.23. The van der Waals surface area contributed by atoms with E-state index in [1.807, 2.05) is 30.3 Å². The van der Waals surface area contributed by atoms with Gasteiger partial charge < -0.3 is 0 Å². The highest BCUT2D eigenvalue weighted by molar-refractivity contribution is 5.99. The van der Waals surface area contributed by atoms with Gasteiger partial charge in [-0.1, -0.05) is 26.8 Å². The summed E-state index contributed by atoms with van der Waals surface area (Å²) in [6.07, 6.45) is 2.33. The fraction of sp³-hybridized carbons (Fsp3) is 0.333. The van der Waals surface area contributed by atoms with Crippen LogP contribution in [0.25, 0.3) is 10.9 Å². The number of carbonyl (C=O) groups is 1. The third-order valence-electron chi connectivity index (χ3n) is 2.62. The van der Waals surface area contributed by atoms with Gasteiger partial charge in [-0.2, -0.15) is 0 Å². The van der Waals surface area contributed by atoms with Crippen molar-refractivity contribution in [1.82, 2.24) is 4.98 Å². The van der Waals surface area contributed by atoms with Gasteiger partial charge in [-0.25, -0.2) is 0 Å². The van der Waals surface area contributed by atoms with E-state index in [2.05, 4.69) is 25.8 Å². The minimum Gasteiger partial charge on any atom is -0.294 e. The largest absolute Gasteiger partial charge is 0.294 e. The number of pyridine rings is 1. The molecule has 0 N–H and O–H groups in total. The predicted molar refractivity (Wildman–Crippen MR) is 70.1 cm³/mol. The first-order valence-corrected chi connectivity index (χ1v) is 5.84. The second kappa shape index (κ2) is 4.28. The van der Waals surface area contributed by atoms with Crippen LogP contribution in [0.1, 0.15) is 37.6 Å². The molecule has 0 aliphatic rings. The van der Waals surface area contributed by atoms with Crippen LogP contribution >= 0.6 is 0 Å². The quantitative estimate of drug-likeness (QED) is 0.729. The van der Waals surface area contributed by atoms with E-state index in [-0.39, 0.29) is 11.2 Å². The average Bonchev–Trinajstić information content (AvgIpc) is 2.26. The highest BCUT2D eigenvalue weighted by atomic mass is 16.1. The number of hydrogen-bond acceptors (Lipinski definition) is 2. The highest BCUT2D eigenvalue weighted by Crippen LogP contribution is 2.23. The fourth-order valence-corrected chi connectivity index (χ4v) is 1.83. The van der Waals surface area contributed by atoms with Crippen LogP contribution in [0.15, 0.2) is 36.5 Å². The summed E-state index contributed by atoms with van der Waals surface area (Å²) >= 11 is 0. The summed E-state index contributed by atoms with van der Waals surface area (Å²) < 4.78 is 0. The van der Waals surface area contributed by atoms with Gasteiger partial charge in [0.05, 0.1) is 5.52 Å². The van der Waals surface area contributed by atoms with E-state index in [0.29, 0.717) is 6.42 Å². The first kappa shape index (κ1) is 11.8. The van der Waals surface area contributed by atoms with Crippen LogP contribution in [0.3, 0.4) is 0 Å². The third-order valence-corrected chi connectivity index (χ3v) is 2.62. The van der Waals surface area contributed by atoms with Gasteiger partial charge in [-0.3, -0.25) is 9.78 Å². The molecule has 0 unspecified atom stereocenters. The number of aromatic nitrogens is 1. The van der Waals surface area contributed by atoms with Gasteiger partial charge in [-0.05, 0) is 29.7 Å². The Labute approximate surface area is 102 Å². The van der Waals surface area contributed by atoms with Crippen molar-refractivity contribution in [3.63, 3.8) is 0 Å². The summed E-state index contributed by atoms with van der Waals surface area (Å²) in [4.78, 5) is 16.3. The van der Waals surface area contributed by atoms with Crippen molar-refractivity contribution < 1.29 is 4.79 Å². The summed E-state index contributed by atoms with van der Waals surface area (Å²) in [6, 6.07) is 9.57. The first-order chi connectivity index (χ1) is 7.96. The molecule has 0 aliphatic heterocycles. The maximum Gasteiger partial charge on any atom is 0.163 e. The van der Waals surface area contributed by atoms with Gasteiger partial charge in [0.15, 0.2) is 5.78 Å². The molecule has 2 nitrogen and oxygen atoms in total. The van der Waals surface area contributed by atoms with Crippen LogP contribution in [0.2, 0.25) is 0 Å². The number of benzene rings is 1. The van der Waals surface area contributed by atoms with E-state index in [1.165, 1.54) is 0 Å². The van der Waals surface area contributed by atoms with Crippen LogP contribution in [0.4, 0.5) is 0 Å². The van der Waals surface area contributed by atoms with Crippen LogP contribution in [0.5, 0.6) is 0 Å². The van der Waals surface area contributed by atoms with Gasteiger partial charge in [-0.15, -0.1) is 0 Å². The molecule has 0 atom stereocenters. The smallest absolute Gasteiger partial charge is 0.163 e. The Kier molecular flexibility index (Phi) is 2.97.